The lowest BCUT2D eigenvalue weighted by atomic mass is 10.1. The number of hydrogen-bond acceptors (Lipinski definition) is 3. The molecule has 1 aromatic heterocycles. The van der Waals surface area contributed by atoms with Crippen LogP contribution in [0, 0.1) is 5.82 Å². The van der Waals surface area contributed by atoms with Crippen LogP contribution in [0.4, 0.5) is 4.39 Å². The van der Waals surface area contributed by atoms with E-state index in [0.717, 1.165) is 11.3 Å². The minimum absolute atomic E-state index is 0.338. The van der Waals surface area contributed by atoms with Crippen LogP contribution in [0.3, 0.4) is 0 Å². The van der Waals surface area contributed by atoms with Crippen LogP contribution in [-0.2, 0) is 9.53 Å². The summed E-state index contributed by atoms with van der Waals surface area (Å²) >= 11 is 0. The van der Waals surface area contributed by atoms with E-state index in [-0.39, 0.29) is 11.9 Å². The fourth-order valence-electron chi connectivity index (χ4n) is 2.72. The van der Waals surface area contributed by atoms with Crippen molar-refractivity contribution in [3.8, 4) is 5.69 Å². The Morgan fingerprint density at radius 3 is 2.18 bits per heavy atom. The Labute approximate surface area is 162 Å². The fraction of sp³-hybridized carbons (Fsp3) is 0.182. The first-order chi connectivity index (χ1) is 13.4. The number of nitrogens with one attached hydrogen (secondary N) is 1. The van der Waals surface area contributed by atoms with E-state index >= 15 is 0 Å². The summed E-state index contributed by atoms with van der Waals surface area (Å²) < 4.78 is 20.2. The van der Waals surface area contributed by atoms with Gasteiger partial charge in [-0.2, -0.15) is 0 Å². The van der Waals surface area contributed by atoms with E-state index in [4.69, 9.17) is 4.74 Å². The number of hydrogen-bond donors (Lipinski definition) is 1. The SMILES string of the molecule is CC(OC(=O)c1ccc(-n2cccc2)cc1)C(=O)NC(C)c1ccc(F)cc1. The molecule has 0 saturated carbocycles. The largest absolute Gasteiger partial charge is 0.449 e. The van der Waals surface area contributed by atoms with Gasteiger partial charge in [-0.15, -0.1) is 0 Å². The predicted molar refractivity (Wildman–Crippen MR) is 104 cm³/mol. The number of esters is 1. The summed E-state index contributed by atoms with van der Waals surface area (Å²) in [7, 11) is 0. The van der Waals surface area contributed by atoms with Crippen molar-refractivity contribution in [1.82, 2.24) is 9.88 Å². The number of carbonyl (C=O) groups excluding carboxylic acids is 2. The molecule has 5 nitrogen and oxygen atoms in total. The third kappa shape index (κ3) is 4.65. The van der Waals surface area contributed by atoms with Crippen molar-refractivity contribution >= 4 is 11.9 Å². The lowest BCUT2D eigenvalue weighted by Crippen LogP contribution is -2.37. The number of carbonyl (C=O) groups is 2. The number of ether oxygens (including phenoxy) is 1. The topological polar surface area (TPSA) is 60.3 Å². The molecule has 3 aromatic rings. The van der Waals surface area contributed by atoms with E-state index in [0.29, 0.717) is 5.56 Å². The van der Waals surface area contributed by atoms with Gasteiger partial charge in [-0.3, -0.25) is 4.79 Å². The molecule has 3 rings (SSSR count). The van der Waals surface area contributed by atoms with Crippen molar-refractivity contribution in [3.63, 3.8) is 0 Å². The molecule has 28 heavy (non-hydrogen) atoms. The highest BCUT2D eigenvalue weighted by Gasteiger charge is 2.21. The van der Waals surface area contributed by atoms with Gasteiger partial charge in [-0.1, -0.05) is 12.1 Å². The van der Waals surface area contributed by atoms with Crippen LogP contribution in [-0.4, -0.2) is 22.5 Å². The van der Waals surface area contributed by atoms with Crippen molar-refractivity contribution in [2.75, 3.05) is 0 Å². The molecule has 0 radical (unpaired) electrons. The van der Waals surface area contributed by atoms with Gasteiger partial charge in [-0.05, 0) is 67.9 Å². The summed E-state index contributed by atoms with van der Waals surface area (Å²) in [6, 6.07) is 16.3. The molecule has 144 valence electrons. The molecule has 0 aliphatic rings. The molecule has 2 atom stereocenters. The average molecular weight is 380 g/mol. The van der Waals surface area contributed by atoms with Crippen LogP contribution in [0.2, 0.25) is 0 Å². The van der Waals surface area contributed by atoms with Gasteiger partial charge in [-0.25, -0.2) is 9.18 Å². The molecule has 1 amide bonds. The number of amides is 1. The van der Waals surface area contributed by atoms with E-state index in [1.165, 1.54) is 19.1 Å². The minimum atomic E-state index is -0.959. The third-order valence-electron chi connectivity index (χ3n) is 4.39. The summed E-state index contributed by atoms with van der Waals surface area (Å²) in [5, 5.41) is 2.76. The Hall–Kier alpha value is -3.41. The van der Waals surface area contributed by atoms with Gasteiger partial charge in [0.05, 0.1) is 11.6 Å². The molecule has 0 spiro atoms. The zero-order valence-corrected chi connectivity index (χ0v) is 15.6. The lowest BCUT2D eigenvalue weighted by molar-refractivity contribution is -0.129. The Kier molecular flexibility index (Phi) is 5.89. The minimum Gasteiger partial charge on any atom is -0.449 e. The highest BCUT2D eigenvalue weighted by atomic mass is 19.1. The standard InChI is InChI=1S/C22H21FN2O3/c1-15(17-5-9-19(23)10-6-17)24-21(26)16(2)28-22(27)18-7-11-20(12-8-18)25-13-3-4-14-25/h3-16H,1-2H3,(H,24,26). The number of nitrogens with zero attached hydrogens (tertiary/aromatic N) is 1. The smallest absolute Gasteiger partial charge is 0.338 e. The highest BCUT2D eigenvalue weighted by Crippen LogP contribution is 2.14. The molecule has 6 heteroatoms. The van der Waals surface area contributed by atoms with Gasteiger partial charge in [0.1, 0.15) is 5.82 Å². The zero-order valence-electron chi connectivity index (χ0n) is 15.6. The van der Waals surface area contributed by atoms with Gasteiger partial charge in [0.2, 0.25) is 0 Å². The Balaban J connectivity index is 1.57. The molecular formula is C22H21FN2O3. The maximum absolute atomic E-state index is 13.0. The van der Waals surface area contributed by atoms with E-state index in [9.17, 15) is 14.0 Å². The Morgan fingerprint density at radius 1 is 0.964 bits per heavy atom. The number of halogens is 1. The fourth-order valence-corrected chi connectivity index (χ4v) is 2.72. The molecule has 0 fully saturated rings. The Bertz CT molecular complexity index is 935. The van der Waals surface area contributed by atoms with Crippen LogP contribution >= 0.6 is 0 Å². The lowest BCUT2D eigenvalue weighted by Gasteiger charge is -2.18. The van der Waals surface area contributed by atoms with Crippen LogP contribution in [0.15, 0.2) is 73.1 Å². The second-order valence-corrected chi connectivity index (χ2v) is 6.47. The number of aromatic nitrogens is 1. The van der Waals surface area contributed by atoms with Crippen molar-refractivity contribution in [2.45, 2.75) is 26.0 Å². The summed E-state index contributed by atoms with van der Waals surface area (Å²) in [5.74, 6) is -1.34. The van der Waals surface area contributed by atoms with Gasteiger partial charge in [0.15, 0.2) is 6.10 Å². The summed E-state index contributed by atoms with van der Waals surface area (Å²) in [4.78, 5) is 24.6. The number of benzene rings is 2. The normalized spacial score (nSPS) is 12.8. The van der Waals surface area contributed by atoms with Crippen molar-refractivity contribution in [1.29, 1.82) is 0 Å². The Morgan fingerprint density at radius 2 is 1.57 bits per heavy atom. The monoisotopic (exact) mass is 380 g/mol. The highest BCUT2D eigenvalue weighted by molar-refractivity contribution is 5.92. The van der Waals surface area contributed by atoms with E-state index < -0.39 is 18.0 Å². The van der Waals surface area contributed by atoms with Crippen LogP contribution in [0.5, 0.6) is 0 Å². The first-order valence-electron chi connectivity index (χ1n) is 8.94. The summed E-state index contributed by atoms with van der Waals surface area (Å²) in [6.07, 6.45) is 2.85. The maximum atomic E-state index is 13.0. The molecule has 1 N–H and O–H groups in total. The van der Waals surface area contributed by atoms with Gasteiger partial charge < -0.3 is 14.6 Å². The number of rotatable bonds is 6. The average Bonchev–Trinajstić information content (AvgIpc) is 3.23. The van der Waals surface area contributed by atoms with E-state index in [1.807, 2.05) is 29.1 Å². The van der Waals surface area contributed by atoms with Gasteiger partial charge in [0.25, 0.3) is 5.91 Å². The second-order valence-electron chi connectivity index (χ2n) is 6.47. The zero-order chi connectivity index (χ0) is 20.1. The quantitative estimate of drug-likeness (QED) is 0.657. The van der Waals surface area contributed by atoms with Crippen molar-refractivity contribution in [3.05, 3.63) is 90.0 Å². The first kappa shape index (κ1) is 19.4. The second kappa shape index (κ2) is 8.52. The molecule has 0 bridgehead atoms. The van der Waals surface area contributed by atoms with Gasteiger partial charge >= 0.3 is 5.97 Å². The molecule has 2 aromatic carbocycles. The van der Waals surface area contributed by atoms with Crippen LogP contribution in [0.25, 0.3) is 5.69 Å². The van der Waals surface area contributed by atoms with Crippen molar-refractivity contribution in [2.24, 2.45) is 0 Å². The third-order valence-corrected chi connectivity index (χ3v) is 4.39. The molecule has 2 unspecified atom stereocenters. The van der Waals surface area contributed by atoms with E-state index in [1.54, 1.807) is 43.3 Å². The molecule has 0 aliphatic carbocycles. The van der Waals surface area contributed by atoms with Crippen LogP contribution in [0.1, 0.15) is 35.8 Å². The van der Waals surface area contributed by atoms with E-state index in [2.05, 4.69) is 5.32 Å². The molecule has 0 saturated heterocycles. The predicted octanol–water partition coefficient (Wildman–Crippen LogP) is 4.04. The summed E-state index contributed by atoms with van der Waals surface area (Å²) in [5.41, 5.74) is 2.04. The summed E-state index contributed by atoms with van der Waals surface area (Å²) in [6.45, 7) is 3.29. The first-order valence-corrected chi connectivity index (χ1v) is 8.94. The molecule has 1 heterocycles. The van der Waals surface area contributed by atoms with Crippen LogP contribution < -0.4 is 5.32 Å². The maximum Gasteiger partial charge on any atom is 0.338 e. The molecular weight excluding hydrogens is 359 g/mol. The van der Waals surface area contributed by atoms with Gasteiger partial charge in [0, 0.05) is 18.1 Å². The van der Waals surface area contributed by atoms with Crippen molar-refractivity contribution < 1.29 is 18.7 Å². The molecule has 0 aliphatic heterocycles.